The van der Waals surface area contributed by atoms with Crippen molar-refractivity contribution in [3.05, 3.63) is 28.9 Å². The SMILES string of the molecule is CCOC(=O)c1sc(-c2ccnc(CC)c2)nc1O. The molecule has 0 atom stereocenters. The van der Waals surface area contributed by atoms with Crippen LogP contribution in [0.5, 0.6) is 5.88 Å². The van der Waals surface area contributed by atoms with Crippen LogP contribution in [0, 0.1) is 0 Å². The molecule has 2 aromatic heterocycles. The van der Waals surface area contributed by atoms with E-state index < -0.39 is 5.97 Å². The van der Waals surface area contributed by atoms with E-state index in [9.17, 15) is 9.90 Å². The van der Waals surface area contributed by atoms with Gasteiger partial charge in [0.25, 0.3) is 0 Å². The van der Waals surface area contributed by atoms with Crippen molar-refractivity contribution in [3.8, 4) is 16.5 Å². The van der Waals surface area contributed by atoms with E-state index in [2.05, 4.69) is 9.97 Å². The minimum atomic E-state index is -0.548. The molecule has 0 saturated heterocycles. The van der Waals surface area contributed by atoms with Gasteiger partial charge in [0.1, 0.15) is 5.01 Å². The minimum Gasteiger partial charge on any atom is -0.492 e. The van der Waals surface area contributed by atoms with Gasteiger partial charge in [0.15, 0.2) is 4.88 Å². The minimum absolute atomic E-state index is 0.131. The van der Waals surface area contributed by atoms with Crippen molar-refractivity contribution in [3.63, 3.8) is 0 Å². The standard InChI is InChI=1S/C13H14N2O3S/c1-3-9-7-8(5-6-14-9)12-15-11(16)10(19-12)13(17)18-4-2/h5-7,16H,3-4H2,1-2H3. The van der Waals surface area contributed by atoms with E-state index >= 15 is 0 Å². The quantitative estimate of drug-likeness (QED) is 0.870. The maximum atomic E-state index is 11.6. The number of esters is 1. The van der Waals surface area contributed by atoms with Crippen LogP contribution in [0.4, 0.5) is 0 Å². The molecule has 0 spiro atoms. The third-order valence-electron chi connectivity index (χ3n) is 2.50. The Hall–Kier alpha value is -1.95. The average molecular weight is 278 g/mol. The molecule has 0 fully saturated rings. The molecule has 0 unspecified atom stereocenters. The number of carbonyl (C=O) groups excluding carboxylic acids is 1. The Morgan fingerprint density at radius 1 is 1.47 bits per heavy atom. The van der Waals surface area contributed by atoms with Gasteiger partial charge in [0.2, 0.25) is 5.88 Å². The van der Waals surface area contributed by atoms with Crippen LogP contribution in [0.25, 0.3) is 10.6 Å². The van der Waals surface area contributed by atoms with Crippen LogP contribution >= 0.6 is 11.3 Å². The van der Waals surface area contributed by atoms with Gasteiger partial charge in [-0.1, -0.05) is 6.92 Å². The molecule has 0 radical (unpaired) electrons. The number of hydrogen-bond donors (Lipinski definition) is 1. The first-order valence-electron chi connectivity index (χ1n) is 5.97. The fourth-order valence-electron chi connectivity index (χ4n) is 1.57. The first kappa shape index (κ1) is 13.5. The van der Waals surface area contributed by atoms with Crippen LogP contribution < -0.4 is 0 Å². The number of aryl methyl sites for hydroxylation is 1. The van der Waals surface area contributed by atoms with Crippen molar-refractivity contribution in [2.45, 2.75) is 20.3 Å². The Balaban J connectivity index is 2.36. The highest BCUT2D eigenvalue weighted by Gasteiger charge is 2.19. The van der Waals surface area contributed by atoms with Gasteiger partial charge in [-0.3, -0.25) is 4.98 Å². The van der Waals surface area contributed by atoms with E-state index in [4.69, 9.17) is 4.74 Å². The van der Waals surface area contributed by atoms with Crippen LogP contribution in [0.1, 0.15) is 29.2 Å². The number of aromatic nitrogens is 2. The summed E-state index contributed by atoms with van der Waals surface area (Å²) in [6, 6.07) is 3.69. The third-order valence-corrected chi connectivity index (χ3v) is 3.57. The molecule has 2 aromatic rings. The van der Waals surface area contributed by atoms with Gasteiger partial charge in [0, 0.05) is 17.5 Å². The van der Waals surface area contributed by atoms with Gasteiger partial charge in [-0.15, -0.1) is 11.3 Å². The molecule has 2 heterocycles. The Morgan fingerprint density at radius 2 is 2.26 bits per heavy atom. The summed E-state index contributed by atoms with van der Waals surface area (Å²) in [4.78, 5) is 19.9. The summed E-state index contributed by atoms with van der Waals surface area (Å²) in [5.74, 6) is -0.832. The van der Waals surface area contributed by atoms with E-state index in [0.717, 1.165) is 29.0 Å². The lowest BCUT2D eigenvalue weighted by Gasteiger charge is -1.98. The van der Waals surface area contributed by atoms with Gasteiger partial charge in [-0.2, -0.15) is 0 Å². The molecule has 5 nitrogen and oxygen atoms in total. The fraction of sp³-hybridized carbons (Fsp3) is 0.308. The van der Waals surface area contributed by atoms with Crippen LogP contribution in [0.2, 0.25) is 0 Å². The average Bonchev–Trinajstić information content (AvgIpc) is 2.81. The van der Waals surface area contributed by atoms with E-state index in [1.807, 2.05) is 13.0 Å². The molecule has 0 aromatic carbocycles. The first-order chi connectivity index (χ1) is 9.15. The van der Waals surface area contributed by atoms with Crippen molar-refractivity contribution in [1.82, 2.24) is 9.97 Å². The lowest BCUT2D eigenvalue weighted by molar-refractivity contribution is 0.0528. The van der Waals surface area contributed by atoms with E-state index in [-0.39, 0.29) is 17.4 Å². The van der Waals surface area contributed by atoms with Crippen LogP contribution in [-0.2, 0) is 11.2 Å². The molecule has 2 rings (SSSR count). The summed E-state index contributed by atoms with van der Waals surface area (Å²) in [6.45, 7) is 3.99. The maximum absolute atomic E-state index is 11.6. The number of nitrogens with zero attached hydrogens (tertiary/aromatic N) is 2. The Kier molecular flexibility index (Phi) is 4.11. The number of carbonyl (C=O) groups is 1. The zero-order chi connectivity index (χ0) is 13.8. The second kappa shape index (κ2) is 5.79. The molecule has 0 aliphatic rings. The van der Waals surface area contributed by atoms with Crippen LogP contribution in [0.15, 0.2) is 18.3 Å². The summed E-state index contributed by atoms with van der Waals surface area (Å²) < 4.78 is 4.86. The van der Waals surface area contributed by atoms with Crippen LogP contribution in [0.3, 0.4) is 0 Å². The highest BCUT2D eigenvalue weighted by molar-refractivity contribution is 7.17. The van der Waals surface area contributed by atoms with Crippen molar-refractivity contribution >= 4 is 17.3 Å². The van der Waals surface area contributed by atoms with E-state index in [0.29, 0.717) is 5.01 Å². The molecule has 100 valence electrons. The molecule has 1 N–H and O–H groups in total. The first-order valence-corrected chi connectivity index (χ1v) is 6.79. The molecular formula is C13H14N2O3S. The zero-order valence-electron chi connectivity index (χ0n) is 10.7. The smallest absolute Gasteiger partial charge is 0.353 e. The Labute approximate surface area is 114 Å². The highest BCUT2D eigenvalue weighted by Crippen LogP contribution is 2.32. The molecular weight excluding hydrogens is 264 g/mol. The predicted molar refractivity (Wildman–Crippen MR) is 72.3 cm³/mol. The topological polar surface area (TPSA) is 72.3 Å². The summed E-state index contributed by atoms with van der Waals surface area (Å²) in [6.07, 6.45) is 2.51. The van der Waals surface area contributed by atoms with E-state index in [1.165, 1.54) is 0 Å². The third kappa shape index (κ3) is 2.90. The van der Waals surface area contributed by atoms with Crippen molar-refractivity contribution < 1.29 is 14.6 Å². The lowest BCUT2D eigenvalue weighted by atomic mass is 10.2. The maximum Gasteiger partial charge on any atom is 0.353 e. The largest absolute Gasteiger partial charge is 0.492 e. The van der Waals surface area contributed by atoms with E-state index in [1.54, 1.807) is 19.2 Å². The number of pyridine rings is 1. The highest BCUT2D eigenvalue weighted by atomic mass is 32.1. The summed E-state index contributed by atoms with van der Waals surface area (Å²) >= 11 is 1.12. The molecule has 19 heavy (non-hydrogen) atoms. The molecule has 0 bridgehead atoms. The van der Waals surface area contributed by atoms with Crippen molar-refractivity contribution in [1.29, 1.82) is 0 Å². The number of aromatic hydroxyl groups is 1. The van der Waals surface area contributed by atoms with Gasteiger partial charge >= 0.3 is 5.97 Å². The predicted octanol–water partition coefficient (Wildman–Crippen LogP) is 2.65. The number of thiazole rings is 1. The second-order valence-electron chi connectivity index (χ2n) is 3.78. The van der Waals surface area contributed by atoms with Gasteiger partial charge in [-0.25, -0.2) is 9.78 Å². The molecule has 0 saturated carbocycles. The van der Waals surface area contributed by atoms with Crippen molar-refractivity contribution in [2.75, 3.05) is 6.61 Å². The number of rotatable bonds is 4. The van der Waals surface area contributed by atoms with Crippen molar-refractivity contribution in [2.24, 2.45) is 0 Å². The summed E-state index contributed by atoms with van der Waals surface area (Å²) in [5, 5.41) is 10.3. The van der Waals surface area contributed by atoms with Gasteiger partial charge < -0.3 is 9.84 Å². The summed E-state index contributed by atoms with van der Waals surface area (Å²) in [7, 11) is 0. The summed E-state index contributed by atoms with van der Waals surface area (Å²) in [5.41, 5.74) is 1.77. The Morgan fingerprint density at radius 3 is 2.95 bits per heavy atom. The van der Waals surface area contributed by atoms with Gasteiger partial charge in [0.05, 0.1) is 6.61 Å². The lowest BCUT2D eigenvalue weighted by Crippen LogP contribution is -2.02. The molecule has 0 aliphatic heterocycles. The molecule has 6 heteroatoms. The molecule has 0 aliphatic carbocycles. The van der Waals surface area contributed by atoms with Crippen LogP contribution in [-0.4, -0.2) is 27.7 Å². The Bertz CT molecular complexity index is 595. The van der Waals surface area contributed by atoms with Gasteiger partial charge in [-0.05, 0) is 25.5 Å². The normalized spacial score (nSPS) is 10.4. The monoisotopic (exact) mass is 278 g/mol. The fourth-order valence-corrected chi connectivity index (χ4v) is 2.42. The second-order valence-corrected chi connectivity index (χ2v) is 4.78. The molecule has 0 amide bonds. The zero-order valence-corrected chi connectivity index (χ0v) is 11.5. The number of ether oxygens (including phenoxy) is 1. The number of hydrogen-bond acceptors (Lipinski definition) is 6.